The average Bonchev–Trinajstić information content (AvgIpc) is 2.56. The van der Waals surface area contributed by atoms with E-state index in [0.29, 0.717) is 5.91 Å². The third kappa shape index (κ3) is 4.88. The molecule has 78 valence electrons. The SMILES string of the molecule is CC.CNCCCN1CCCC1=O. The summed E-state index contributed by atoms with van der Waals surface area (Å²) >= 11 is 0. The largest absolute Gasteiger partial charge is 0.343 e. The van der Waals surface area contributed by atoms with Gasteiger partial charge in [-0.2, -0.15) is 0 Å². The highest BCUT2D eigenvalue weighted by Crippen LogP contribution is 2.08. The van der Waals surface area contributed by atoms with Crippen LogP contribution in [0, 0.1) is 0 Å². The molecular weight excluding hydrogens is 164 g/mol. The van der Waals surface area contributed by atoms with Gasteiger partial charge in [0.05, 0.1) is 0 Å². The Morgan fingerprint density at radius 1 is 1.46 bits per heavy atom. The Hall–Kier alpha value is -0.570. The first-order valence-corrected chi connectivity index (χ1v) is 5.27. The van der Waals surface area contributed by atoms with Gasteiger partial charge in [-0.3, -0.25) is 4.79 Å². The van der Waals surface area contributed by atoms with E-state index in [9.17, 15) is 4.79 Å². The molecule has 0 atom stereocenters. The molecule has 0 aliphatic carbocycles. The van der Waals surface area contributed by atoms with Crippen molar-refractivity contribution in [2.24, 2.45) is 0 Å². The maximum Gasteiger partial charge on any atom is 0.222 e. The van der Waals surface area contributed by atoms with Crippen molar-refractivity contribution in [1.29, 1.82) is 0 Å². The molecule has 1 heterocycles. The smallest absolute Gasteiger partial charge is 0.222 e. The molecule has 0 aromatic carbocycles. The number of carbonyl (C=O) groups excluding carboxylic acids is 1. The summed E-state index contributed by atoms with van der Waals surface area (Å²) < 4.78 is 0. The number of hydrogen-bond acceptors (Lipinski definition) is 2. The van der Waals surface area contributed by atoms with E-state index >= 15 is 0 Å². The summed E-state index contributed by atoms with van der Waals surface area (Å²) in [4.78, 5) is 13.0. The minimum atomic E-state index is 0.334. The van der Waals surface area contributed by atoms with Crippen molar-refractivity contribution in [2.45, 2.75) is 33.1 Å². The van der Waals surface area contributed by atoms with E-state index in [1.807, 2.05) is 25.8 Å². The molecule has 0 spiro atoms. The van der Waals surface area contributed by atoms with Crippen LogP contribution in [0.3, 0.4) is 0 Å². The molecule has 1 aliphatic rings. The van der Waals surface area contributed by atoms with E-state index in [0.717, 1.165) is 38.9 Å². The van der Waals surface area contributed by atoms with Gasteiger partial charge in [-0.25, -0.2) is 0 Å². The molecule has 0 aromatic rings. The molecule has 1 aliphatic heterocycles. The first-order valence-electron chi connectivity index (χ1n) is 5.27. The van der Waals surface area contributed by atoms with Crippen molar-refractivity contribution in [2.75, 3.05) is 26.7 Å². The highest BCUT2D eigenvalue weighted by Gasteiger charge is 2.18. The van der Waals surface area contributed by atoms with Crippen LogP contribution in [-0.2, 0) is 4.79 Å². The molecule has 1 amide bonds. The fourth-order valence-electron chi connectivity index (χ4n) is 1.39. The lowest BCUT2D eigenvalue weighted by Gasteiger charge is -2.14. The summed E-state index contributed by atoms with van der Waals surface area (Å²) in [6, 6.07) is 0. The van der Waals surface area contributed by atoms with Crippen LogP contribution in [0.25, 0.3) is 0 Å². The third-order valence-corrected chi connectivity index (χ3v) is 2.03. The van der Waals surface area contributed by atoms with Gasteiger partial charge in [-0.05, 0) is 26.4 Å². The molecule has 0 unspecified atom stereocenters. The molecule has 1 N–H and O–H groups in total. The van der Waals surface area contributed by atoms with Gasteiger partial charge in [0.2, 0.25) is 5.91 Å². The van der Waals surface area contributed by atoms with Crippen LogP contribution in [0.2, 0.25) is 0 Å². The van der Waals surface area contributed by atoms with E-state index in [4.69, 9.17) is 0 Å². The summed E-state index contributed by atoms with van der Waals surface area (Å²) in [5.41, 5.74) is 0. The summed E-state index contributed by atoms with van der Waals surface area (Å²) in [7, 11) is 1.94. The zero-order valence-corrected chi connectivity index (χ0v) is 9.10. The van der Waals surface area contributed by atoms with Crippen LogP contribution in [0.1, 0.15) is 33.1 Å². The zero-order valence-electron chi connectivity index (χ0n) is 9.10. The maximum atomic E-state index is 11.1. The molecule has 0 bridgehead atoms. The van der Waals surface area contributed by atoms with E-state index < -0.39 is 0 Å². The summed E-state index contributed by atoms with van der Waals surface area (Å²) in [5.74, 6) is 0.334. The average molecular weight is 186 g/mol. The molecule has 13 heavy (non-hydrogen) atoms. The molecule has 3 heteroatoms. The van der Waals surface area contributed by atoms with Crippen LogP contribution < -0.4 is 5.32 Å². The summed E-state index contributed by atoms with van der Waals surface area (Å²) in [5, 5.41) is 3.07. The van der Waals surface area contributed by atoms with E-state index in [1.54, 1.807) is 0 Å². The topological polar surface area (TPSA) is 32.3 Å². The number of hydrogen-bond donors (Lipinski definition) is 1. The zero-order chi connectivity index (χ0) is 10.1. The van der Waals surface area contributed by atoms with E-state index in [2.05, 4.69) is 5.32 Å². The second-order valence-electron chi connectivity index (χ2n) is 2.94. The Kier molecular flexibility index (Phi) is 7.69. The number of nitrogens with one attached hydrogen (secondary N) is 1. The van der Waals surface area contributed by atoms with Crippen molar-refractivity contribution < 1.29 is 4.79 Å². The normalized spacial score (nSPS) is 15.6. The monoisotopic (exact) mass is 186 g/mol. The van der Waals surface area contributed by atoms with Gasteiger partial charge in [0, 0.05) is 19.5 Å². The van der Waals surface area contributed by atoms with Crippen molar-refractivity contribution >= 4 is 5.91 Å². The van der Waals surface area contributed by atoms with Crippen molar-refractivity contribution in [3.63, 3.8) is 0 Å². The number of amides is 1. The lowest BCUT2D eigenvalue weighted by Crippen LogP contribution is -2.27. The Labute approximate surface area is 81.5 Å². The number of nitrogens with zero attached hydrogens (tertiary/aromatic N) is 1. The van der Waals surface area contributed by atoms with Crippen LogP contribution >= 0.6 is 0 Å². The molecule has 1 rings (SSSR count). The van der Waals surface area contributed by atoms with E-state index in [1.165, 1.54) is 0 Å². The van der Waals surface area contributed by atoms with Crippen molar-refractivity contribution in [1.82, 2.24) is 10.2 Å². The van der Waals surface area contributed by atoms with Gasteiger partial charge in [-0.15, -0.1) is 0 Å². The minimum absolute atomic E-state index is 0.334. The van der Waals surface area contributed by atoms with Gasteiger partial charge in [0.25, 0.3) is 0 Å². The summed E-state index contributed by atoms with van der Waals surface area (Å²) in [6.07, 6.45) is 2.89. The Bertz CT molecular complexity index is 137. The fraction of sp³-hybridized carbons (Fsp3) is 0.900. The molecule has 0 saturated carbocycles. The first kappa shape index (κ1) is 12.4. The van der Waals surface area contributed by atoms with Crippen molar-refractivity contribution in [3.8, 4) is 0 Å². The van der Waals surface area contributed by atoms with Gasteiger partial charge in [-0.1, -0.05) is 13.8 Å². The lowest BCUT2D eigenvalue weighted by molar-refractivity contribution is -0.127. The first-order chi connectivity index (χ1) is 6.34. The summed E-state index contributed by atoms with van der Waals surface area (Å²) in [6.45, 7) is 6.91. The number of rotatable bonds is 4. The van der Waals surface area contributed by atoms with Gasteiger partial charge in [0.15, 0.2) is 0 Å². The lowest BCUT2D eigenvalue weighted by atomic mass is 10.4. The van der Waals surface area contributed by atoms with Crippen molar-refractivity contribution in [3.05, 3.63) is 0 Å². The molecule has 3 nitrogen and oxygen atoms in total. The Morgan fingerprint density at radius 2 is 2.15 bits per heavy atom. The quantitative estimate of drug-likeness (QED) is 0.670. The second-order valence-corrected chi connectivity index (χ2v) is 2.94. The third-order valence-electron chi connectivity index (χ3n) is 2.03. The number of carbonyl (C=O) groups is 1. The maximum absolute atomic E-state index is 11.1. The van der Waals surface area contributed by atoms with Crippen LogP contribution in [0.5, 0.6) is 0 Å². The Balaban J connectivity index is 0.000000671. The predicted molar refractivity (Wildman–Crippen MR) is 55.7 cm³/mol. The molecular formula is C10H22N2O. The van der Waals surface area contributed by atoms with Gasteiger partial charge < -0.3 is 10.2 Å². The van der Waals surface area contributed by atoms with E-state index in [-0.39, 0.29) is 0 Å². The standard InChI is InChI=1S/C8H16N2O.C2H6/c1-9-5-3-7-10-6-2-4-8(10)11;1-2/h9H,2-7H2,1H3;1-2H3. The highest BCUT2D eigenvalue weighted by atomic mass is 16.2. The van der Waals surface area contributed by atoms with Crippen LogP contribution in [0.15, 0.2) is 0 Å². The van der Waals surface area contributed by atoms with Crippen LogP contribution in [-0.4, -0.2) is 37.5 Å². The molecule has 1 saturated heterocycles. The molecule has 0 aromatic heterocycles. The van der Waals surface area contributed by atoms with Crippen LogP contribution in [0.4, 0.5) is 0 Å². The number of likely N-dealkylation sites (tertiary alicyclic amines) is 1. The fourth-order valence-corrected chi connectivity index (χ4v) is 1.39. The highest BCUT2D eigenvalue weighted by molar-refractivity contribution is 5.77. The van der Waals surface area contributed by atoms with Gasteiger partial charge >= 0.3 is 0 Å². The second kappa shape index (κ2) is 8.05. The van der Waals surface area contributed by atoms with Gasteiger partial charge in [0.1, 0.15) is 0 Å². The Morgan fingerprint density at radius 3 is 2.62 bits per heavy atom. The molecule has 1 fully saturated rings. The minimum Gasteiger partial charge on any atom is -0.343 e. The predicted octanol–water partition coefficient (Wildman–Crippen LogP) is 1.24. The molecule has 0 radical (unpaired) electrons.